The predicted molar refractivity (Wildman–Crippen MR) is 87.1 cm³/mol. The minimum absolute atomic E-state index is 0.732. The predicted octanol–water partition coefficient (Wildman–Crippen LogP) is 3.66. The van der Waals surface area contributed by atoms with E-state index < -0.39 is 0 Å². The highest BCUT2D eigenvalue weighted by molar-refractivity contribution is 5.48. The fourth-order valence-corrected chi connectivity index (χ4v) is 2.33. The molecule has 0 saturated heterocycles. The topological polar surface area (TPSA) is 29.3 Å². The third-order valence-electron chi connectivity index (χ3n) is 3.65. The average molecular weight is 268 g/mol. The quantitative estimate of drug-likeness (QED) is 0.866. The van der Waals surface area contributed by atoms with Gasteiger partial charge < -0.3 is 10.6 Å². The molecule has 0 atom stereocenters. The molecule has 0 unspecified atom stereocenters. The Morgan fingerprint density at radius 2 is 1.65 bits per heavy atom. The summed E-state index contributed by atoms with van der Waals surface area (Å²) in [5, 5.41) is 0. The molecule has 2 N–H and O–H groups in total. The Labute approximate surface area is 122 Å². The normalized spacial score (nSPS) is 10.6. The van der Waals surface area contributed by atoms with E-state index in [4.69, 9.17) is 5.73 Å². The van der Waals surface area contributed by atoms with Crippen molar-refractivity contribution in [1.29, 1.82) is 0 Å². The van der Waals surface area contributed by atoms with Crippen LogP contribution in [-0.4, -0.2) is 13.1 Å². The number of nitrogens with two attached hydrogens (primary N) is 1. The highest BCUT2D eigenvalue weighted by Crippen LogP contribution is 2.19. The smallest absolute Gasteiger partial charge is 0.0432 e. The van der Waals surface area contributed by atoms with Crippen LogP contribution in [0.4, 0.5) is 5.69 Å². The lowest BCUT2D eigenvalue weighted by molar-refractivity contribution is 0.734. The van der Waals surface area contributed by atoms with Gasteiger partial charge in [0.25, 0.3) is 0 Å². The molecular formula is C18H24N2. The minimum atomic E-state index is 0.732. The van der Waals surface area contributed by atoms with Crippen LogP contribution in [0.5, 0.6) is 0 Å². The summed E-state index contributed by atoms with van der Waals surface area (Å²) in [5.41, 5.74) is 11.0. The van der Waals surface area contributed by atoms with E-state index in [0.717, 1.165) is 26.1 Å². The number of hydrogen-bond donors (Lipinski definition) is 1. The summed E-state index contributed by atoms with van der Waals surface area (Å²) in [7, 11) is 0. The summed E-state index contributed by atoms with van der Waals surface area (Å²) in [6.07, 6.45) is 1.01. The van der Waals surface area contributed by atoms with Gasteiger partial charge in [-0.15, -0.1) is 0 Å². The molecule has 0 aliphatic carbocycles. The number of aryl methyl sites for hydroxylation is 2. The summed E-state index contributed by atoms with van der Waals surface area (Å²) < 4.78 is 0. The number of rotatable bonds is 6. The first-order valence-electron chi connectivity index (χ1n) is 7.27. The molecule has 0 aliphatic rings. The second-order valence-electron chi connectivity index (χ2n) is 5.33. The van der Waals surface area contributed by atoms with Gasteiger partial charge in [-0.25, -0.2) is 0 Å². The maximum Gasteiger partial charge on any atom is 0.0432 e. The zero-order chi connectivity index (χ0) is 14.4. The lowest BCUT2D eigenvalue weighted by Crippen LogP contribution is -2.26. The van der Waals surface area contributed by atoms with E-state index in [1.807, 2.05) is 0 Å². The van der Waals surface area contributed by atoms with Gasteiger partial charge in [-0.05, 0) is 50.1 Å². The maximum atomic E-state index is 5.68. The van der Waals surface area contributed by atoms with Gasteiger partial charge >= 0.3 is 0 Å². The molecule has 0 fully saturated rings. The van der Waals surface area contributed by atoms with E-state index in [1.54, 1.807) is 0 Å². The Morgan fingerprint density at radius 3 is 2.30 bits per heavy atom. The summed E-state index contributed by atoms with van der Waals surface area (Å²) in [5.74, 6) is 0. The van der Waals surface area contributed by atoms with E-state index in [1.165, 1.54) is 22.4 Å². The molecule has 106 valence electrons. The van der Waals surface area contributed by atoms with Crippen molar-refractivity contribution in [3.8, 4) is 0 Å². The first kappa shape index (κ1) is 14.6. The van der Waals surface area contributed by atoms with E-state index in [-0.39, 0.29) is 0 Å². The zero-order valence-electron chi connectivity index (χ0n) is 12.5. The first-order chi connectivity index (χ1) is 9.70. The molecule has 2 heteroatoms. The highest BCUT2D eigenvalue weighted by atomic mass is 15.1. The van der Waals surface area contributed by atoms with Crippen molar-refractivity contribution in [2.24, 2.45) is 5.73 Å². The van der Waals surface area contributed by atoms with Crippen LogP contribution in [0.15, 0.2) is 48.5 Å². The van der Waals surface area contributed by atoms with Crippen molar-refractivity contribution in [2.75, 3.05) is 18.0 Å². The van der Waals surface area contributed by atoms with E-state index >= 15 is 0 Å². The summed E-state index contributed by atoms with van der Waals surface area (Å²) in [6, 6.07) is 17.3. The standard InChI is InChI=1S/C18H24N2/c1-15-8-10-18(11-9-15)20(13-5-12-19)14-17-7-4-3-6-16(17)2/h3-4,6-11H,5,12-14,19H2,1-2H3. The fourth-order valence-electron chi connectivity index (χ4n) is 2.33. The molecule has 2 aromatic carbocycles. The van der Waals surface area contributed by atoms with Crippen LogP contribution in [0.3, 0.4) is 0 Å². The molecule has 0 bridgehead atoms. The van der Waals surface area contributed by atoms with E-state index in [0.29, 0.717) is 0 Å². The third kappa shape index (κ3) is 3.84. The first-order valence-corrected chi connectivity index (χ1v) is 7.27. The van der Waals surface area contributed by atoms with Crippen molar-refractivity contribution in [1.82, 2.24) is 0 Å². The molecule has 0 saturated carbocycles. The molecule has 2 rings (SSSR count). The summed E-state index contributed by atoms with van der Waals surface area (Å²) in [6.45, 7) is 6.96. The molecule has 0 heterocycles. The van der Waals surface area contributed by atoms with Gasteiger partial charge in [0.2, 0.25) is 0 Å². The van der Waals surface area contributed by atoms with Crippen molar-refractivity contribution in [3.05, 3.63) is 65.2 Å². The Kier molecular flexibility index (Phi) is 5.19. The van der Waals surface area contributed by atoms with E-state index in [2.05, 4.69) is 67.3 Å². The molecule has 0 aromatic heterocycles. The van der Waals surface area contributed by atoms with E-state index in [9.17, 15) is 0 Å². The molecule has 20 heavy (non-hydrogen) atoms. The van der Waals surface area contributed by atoms with Gasteiger partial charge in [0.15, 0.2) is 0 Å². The van der Waals surface area contributed by atoms with Gasteiger partial charge in [-0.1, -0.05) is 42.0 Å². The Bertz CT molecular complexity index is 531. The Morgan fingerprint density at radius 1 is 0.950 bits per heavy atom. The zero-order valence-corrected chi connectivity index (χ0v) is 12.5. The molecule has 2 nitrogen and oxygen atoms in total. The molecular weight excluding hydrogens is 244 g/mol. The van der Waals surface area contributed by atoms with Crippen molar-refractivity contribution >= 4 is 5.69 Å². The molecule has 2 aromatic rings. The minimum Gasteiger partial charge on any atom is -0.367 e. The lowest BCUT2D eigenvalue weighted by atomic mass is 10.1. The number of nitrogens with zero attached hydrogens (tertiary/aromatic N) is 1. The van der Waals surface area contributed by atoms with Gasteiger partial charge in [-0.3, -0.25) is 0 Å². The van der Waals surface area contributed by atoms with Crippen molar-refractivity contribution < 1.29 is 0 Å². The third-order valence-corrected chi connectivity index (χ3v) is 3.65. The number of benzene rings is 2. The second kappa shape index (κ2) is 7.11. The monoisotopic (exact) mass is 268 g/mol. The largest absolute Gasteiger partial charge is 0.367 e. The van der Waals surface area contributed by atoms with Crippen molar-refractivity contribution in [2.45, 2.75) is 26.8 Å². The van der Waals surface area contributed by atoms with Gasteiger partial charge in [0, 0.05) is 18.8 Å². The van der Waals surface area contributed by atoms with Crippen LogP contribution in [0, 0.1) is 13.8 Å². The van der Waals surface area contributed by atoms with Crippen LogP contribution < -0.4 is 10.6 Å². The average Bonchev–Trinajstić information content (AvgIpc) is 2.46. The van der Waals surface area contributed by atoms with Gasteiger partial charge in [0.1, 0.15) is 0 Å². The molecule has 0 spiro atoms. The van der Waals surface area contributed by atoms with Crippen LogP contribution in [0.25, 0.3) is 0 Å². The molecule has 0 radical (unpaired) electrons. The second-order valence-corrected chi connectivity index (χ2v) is 5.33. The van der Waals surface area contributed by atoms with Crippen LogP contribution in [-0.2, 0) is 6.54 Å². The van der Waals surface area contributed by atoms with Crippen LogP contribution in [0.1, 0.15) is 23.1 Å². The summed E-state index contributed by atoms with van der Waals surface area (Å²) >= 11 is 0. The molecule has 0 amide bonds. The fraction of sp³-hybridized carbons (Fsp3) is 0.333. The summed E-state index contributed by atoms with van der Waals surface area (Å²) in [4.78, 5) is 2.41. The van der Waals surface area contributed by atoms with Crippen LogP contribution >= 0.6 is 0 Å². The maximum absolute atomic E-state index is 5.68. The number of hydrogen-bond acceptors (Lipinski definition) is 2. The Balaban J connectivity index is 2.19. The van der Waals surface area contributed by atoms with Gasteiger partial charge in [0.05, 0.1) is 0 Å². The Hall–Kier alpha value is -1.80. The van der Waals surface area contributed by atoms with Crippen LogP contribution in [0.2, 0.25) is 0 Å². The number of anilines is 1. The van der Waals surface area contributed by atoms with Gasteiger partial charge in [-0.2, -0.15) is 0 Å². The SMILES string of the molecule is Cc1ccc(N(CCCN)Cc2ccccc2C)cc1. The molecule has 0 aliphatic heterocycles. The van der Waals surface area contributed by atoms with Crippen molar-refractivity contribution in [3.63, 3.8) is 0 Å². The lowest BCUT2D eigenvalue weighted by Gasteiger charge is -2.26. The highest BCUT2D eigenvalue weighted by Gasteiger charge is 2.08.